The molecule has 0 atom stereocenters. The Balaban J connectivity index is 2.38. The first kappa shape index (κ1) is 13.3. The number of rotatable bonds is 4. The van der Waals surface area contributed by atoms with Crippen LogP contribution < -0.4 is 20.5 Å². The van der Waals surface area contributed by atoms with Crippen molar-refractivity contribution >= 4 is 28.9 Å². The molecule has 1 aromatic carbocycles. The Bertz CT molecular complexity index is 590. The summed E-state index contributed by atoms with van der Waals surface area (Å²) in [7, 11) is 3.12. The predicted octanol–water partition coefficient (Wildman–Crippen LogP) is 3.08. The number of anilines is 3. The van der Waals surface area contributed by atoms with Crippen LogP contribution in [0.25, 0.3) is 0 Å². The summed E-state index contributed by atoms with van der Waals surface area (Å²) in [6.07, 6.45) is 0. The summed E-state index contributed by atoms with van der Waals surface area (Å²) >= 11 is 6.04. The number of pyridine rings is 1. The Morgan fingerprint density at radius 2 is 1.89 bits per heavy atom. The third-order valence-electron chi connectivity index (χ3n) is 2.51. The zero-order chi connectivity index (χ0) is 13.8. The standard InChI is InChI=1S/C13H14ClN3O2/c1-18-10-7-9(11(19-2)6-8(10)14)16-13-5-3-4-12(15)17-13/h3-7H,1-2H3,(H3,15,16,17). The largest absolute Gasteiger partial charge is 0.495 e. The molecule has 0 amide bonds. The first-order chi connectivity index (χ1) is 9.13. The van der Waals surface area contributed by atoms with Crippen molar-refractivity contribution in [3.05, 3.63) is 35.4 Å². The third kappa shape index (κ3) is 3.00. The third-order valence-corrected chi connectivity index (χ3v) is 2.80. The number of hydrogen-bond donors (Lipinski definition) is 2. The van der Waals surface area contributed by atoms with Gasteiger partial charge in [-0.05, 0) is 12.1 Å². The topological polar surface area (TPSA) is 69.4 Å². The van der Waals surface area contributed by atoms with E-state index in [1.54, 1.807) is 38.5 Å². The maximum atomic E-state index is 6.04. The molecule has 0 unspecified atom stereocenters. The van der Waals surface area contributed by atoms with Gasteiger partial charge in [-0.15, -0.1) is 0 Å². The van der Waals surface area contributed by atoms with Crippen LogP contribution in [-0.2, 0) is 0 Å². The molecule has 0 aliphatic carbocycles. The highest BCUT2D eigenvalue weighted by Crippen LogP contribution is 2.37. The molecule has 0 aliphatic heterocycles. The van der Waals surface area contributed by atoms with Gasteiger partial charge in [0.1, 0.15) is 23.1 Å². The summed E-state index contributed by atoms with van der Waals surface area (Å²) in [5, 5.41) is 3.59. The molecule has 19 heavy (non-hydrogen) atoms. The number of nitrogens with two attached hydrogens (primary N) is 1. The number of aromatic nitrogens is 1. The molecular formula is C13H14ClN3O2. The molecule has 2 rings (SSSR count). The SMILES string of the molecule is COc1cc(Nc2cccc(N)n2)c(OC)cc1Cl. The lowest BCUT2D eigenvalue weighted by atomic mass is 10.2. The van der Waals surface area contributed by atoms with Gasteiger partial charge in [-0.3, -0.25) is 0 Å². The number of hydrogen-bond acceptors (Lipinski definition) is 5. The summed E-state index contributed by atoms with van der Waals surface area (Å²) in [5.74, 6) is 2.19. The van der Waals surface area contributed by atoms with E-state index in [2.05, 4.69) is 10.3 Å². The van der Waals surface area contributed by atoms with E-state index in [9.17, 15) is 0 Å². The fourth-order valence-electron chi connectivity index (χ4n) is 1.62. The molecular weight excluding hydrogens is 266 g/mol. The van der Waals surface area contributed by atoms with E-state index in [1.165, 1.54) is 0 Å². The number of benzene rings is 1. The fourth-order valence-corrected chi connectivity index (χ4v) is 1.85. The van der Waals surface area contributed by atoms with Gasteiger partial charge in [-0.2, -0.15) is 0 Å². The minimum Gasteiger partial charge on any atom is -0.495 e. The Morgan fingerprint density at radius 1 is 1.16 bits per heavy atom. The number of nitrogen functional groups attached to an aromatic ring is 1. The number of methoxy groups -OCH3 is 2. The Kier molecular flexibility index (Phi) is 3.97. The molecule has 0 radical (unpaired) electrons. The molecule has 1 aromatic heterocycles. The molecule has 100 valence electrons. The van der Waals surface area contributed by atoms with Crippen LogP contribution in [0, 0.1) is 0 Å². The minimum absolute atomic E-state index is 0.435. The number of halogens is 1. The molecule has 0 saturated carbocycles. The summed E-state index contributed by atoms with van der Waals surface area (Å²) in [6.45, 7) is 0. The van der Waals surface area contributed by atoms with Crippen LogP contribution in [-0.4, -0.2) is 19.2 Å². The Morgan fingerprint density at radius 3 is 2.53 bits per heavy atom. The van der Waals surface area contributed by atoms with E-state index in [0.717, 1.165) is 0 Å². The van der Waals surface area contributed by atoms with E-state index in [-0.39, 0.29) is 0 Å². The van der Waals surface area contributed by atoms with Crippen molar-refractivity contribution in [3.63, 3.8) is 0 Å². The first-order valence-corrected chi connectivity index (χ1v) is 5.93. The van der Waals surface area contributed by atoms with E-state index >= 15 is 0 Å². The molecule has 1 heterocycles. The summed E-state index contributed by atoms with van der Waals surface area (Å²) in [6, 6.07) is 8.74. The van der Waals surface area contributed by atoms with Crippen LogP contribution in [0.3, 0.4) is 0 Å². The van der Waals surface area contributed by atoms with Crippen LogP contribution in [0.4, 0.5) is 17.3 Å². The second-order valence-electron chi connectivity index (χ2n) is 3.76. The highest BCUT2D eigenvalue weighted by Gasteiger charge is 2.10. The molecule has 2 aromatic rings. The monoisotopic (exact) mass is 279 g/mol. The van der Waals surface area contributed by atoms with Gasteiger partial charge in [-0.25, -0.2) is 4.98 Å². The maximum absolute atomic E-state index is 6.04. The Labute approximate surface area is 116 Å². The van der Waals surface area contributed by atoms with Crippen LogP contribution in [0.5, 0.6) is 11.5 Å². The lowest BCUT2D eigenvalue weighted by Crippen LogP contribution is -1.99. The van der Waals surface area contributed by atoms with Crippen LogP contribution >= 0.6 is 11.6 Å². The molecule has 0 aliphatic rings. The van der Waals surface area contributed by atoms with E-state index in [1.807, 2.05) is 6.07 Å². The lowest BCUT2D eigenvalue weighted by Gasteiger charge is -2.13. The quantitative estimate of drug-likeness (QED) is 0.900. The van der Waals surface area contributed by atoms with Gasteiger partial charge < -0.3 is 20.5 Å². The molecule has 0 spiro atoms. The average Bonchev–Trinajstić information content (AvgIpc) is 2.40. The Hall–Kier alpha value is -2.14. The number of nitrogens with zero attached hydrogens (tertiary/aromatic N) is 1. The van der Waals surface area contributed by atoms with Gasteiger partial charge >= 0.3 is 0 Å². The van der Waals surface area contributed by atoms with E-state index in [0.29, 0.717) is 33.8 Å². The van der Waals surface area contributed by atoms with Crippen molar-refractivity contribution in [2.24, 2.45) is 0 Å². The second-order valence-corrected chi connectivity index (χ2v) is 4.17. The highest BCUT2D eigenvalue weighted by atomic mass is 35.5. The lowest BCUT2D eigenvalue weighted by molar-refractivity contribution is 0.405. The van der Waals surface area contributed by atoms with Crippen molar-refractivity contribution in [2.75, 3.05) is 25.3 Å². The van der Waals surface area contributed by atoms with Gasteiger partial charge in [0, 0.05) is 12.1 Å². The summed E-state index contributed by atoms with van der Waals surface area (Å²) in [5.41, 5.74) is 6.33. The van der Waals surface area contributed by atoms with Gasteiger partial charge in [0.05, 0.1) is 24.9 Å². The second kappa shape index (κ2) is 5.67. The van der Waals surface area contributed by atoms with Crippen molar-refractivity contribution in [3.8, 4) is 11.5 Å². The summed E-state index contributed by atoms with van der Waals surface area (Å²) < 4.78 is 10.4. The van der Waals surface area contributed by atoms with Gasteiger partial charge in [0.2, 0.25) is 0 Å². The van der Waals surface area contributed by atoms with Crippen molar-refractivity contribution in [1.82, 2.24) is 4.98 Å². The molecule has 0 fully saturated rings. The van der Waals surface area contributed by atoms with Crippen LogP contribution in [0.2, 0.25) is 5.02 Å². The molecule has 6 heteroatoms. The molecule has 5 nitrogen and oxygen atoms in total. The average molecular weight is 280 g/mol. The zero-order valence-electron chi connectivity index (χ0n) is 10.6. The number of ether oxygens (including phenoxy) is 2. The molecule has 3 N–H and O–H groups in total. The number of nitrogens with one attached hydrogen (secondary N) is 1. The van der Waals surface area contributed by atoms with Crippen molar-refractivity contribution in [2.45, 2.75) is 0 Å². The van der Waals surface area contributed by atoms with Crippen molar-refractivity contribution < 1.29 is 9.47 Å². The first-order valence-electron chi connectivity index (χ1n) is 5.55. The highest BCUT2D eigenvalue weighted by molar-refractivity contribution is 6.32. The molecule has 0 bridgehead atoms. The van der Waals surface area contributed by atoms with Crippen molar-refractivity contribution in [1.29, 1.82) is 0 Å². The van der Waals surface area contributed by atoms with Gasteiger partial charge in [-0.1, -0.05) is 17.7 Å². The minimum atomic E-state index is 0.435. The van der Waals surface area contributed by atoms with Gasteiger partial charge in [0.15, 0.2) is 0 Å². The maximum Gasteiger partial charge on any atom is 0.144 e. The predicted molar refractivity (Wildman–Crippen MR) is 76.5 cm³/mol. The van der Waals surface area contributed by atoms with Gasteiger partial charge in [0.25, 0.3) is 0 Å². The summed E-state index contributed by atoms with van der Waals surface area (Å²) in [4.78, 5) is 4.16. The van der Waals surface area contributed by atoms with Crippen LogP contribution in [0.1, 0.15) is 0 Å². The zero-order valence-corrected chi connectivity index (χ0v) is 11.4. The van der Waals surface area contributed by atoms with Crippen LogP contribution in [0.15, 0.2) is 30.3 Å². The van der Waals surface area contributed by atoms with E-state index in [4.69, 9.17) is 26.8 Å². The fraction of sp³-hybridized carbons (Fsp3) is 0.154. The van der Waals surface area contributed by atoms with E-state index < -0.39 is 0 Å². The normalized spacial score (nSPS) is 10.1. The molecule has 0 saturated heterocycles. The smallest absolute Gasteiger partial charge is 0.144 e.